The Labute approximate surface area is 139 Å². The Morgan fingerprint density at radius 2 is 1.71 bits per heavy atom. The molecule has 1 amide bonds. The average molecular weight is 339 g/mol. The number of hydrogen-bond donors (Lipinski definition) is 2. The van der Waals surface area contributed by atoms with Gasteiger partial charge in [0.05, 0.1) is 40.6 Å². The first kappa shape index (κ1) is 16.8. The van der Waals surface area contributed by atoms with Gasteiger partial charge in [0.1, 0.15) is 18.3 Å². The minimum absolute atomic E-state index is 0.214. The molecule has 8 heteroatoms. The lowest BCUT2D eigenvalue weighted by atomic mass is 10.1. The molecular formula is C16H21NO7. The summed E-state index contributed by atoms with van der Waals surface area (Å²) in [7, 11) is 4.48. The zero-order valence-corrected chi connectivity index (χ0v) is 13.8. The number of fused-ring (bicyclic) bond motifs is 1. The van der Waals surface area contributed by atoms with Crippen molar-refractivity contribution in [1.29, 1.82) is 0 Å². The van der Waals surface area contributed by atoms with E-state index in [-0.39, 0.29) is 24.7 Å². The summed E-state index contributed by atoms with van der Waals surface area (Å²) in [5.74, 6) is 0.904. The normalized spacial score (nSPS) is 28.3. The number of aliphatic hydroxyl groups is 1. The van der Waals surface area contributed by atoms with E-state index in [0.29, 0.717) is 29.4 Å². The number of benzene rings is 1. The molecule has 1 aromatic carbocycles. The molecule has 0 radical (unpaired) electrons. The minimum atomic E-state index is -0.655. The molecule has 0 aromatic heterocycles. The van der Waals surface area contributed by atoms with E-state index in [0.717, 1.165) is 0 Å². The van der Waals surface area contributed by atoms with E-state index in [1.165, 1.54) is 21.3 Å². The van der Waals surface area contributed by atoms with Crippen LogP contribution in [0.4, 0.5) is 0 Å². The smallest absolute Gasteiger partial charge is 0.251 e. The van der Waals surface area contributed by atoms with Crippen molar-refractivity contribution in [3.05, 3.63) is 17.7 Å². The van der Waals surface area contributed by atoms with E-state index in [2.05, 4.69) is 5.32 Å². The van der Waals surface area contributed by atoms with Crippen LogP contribution < -0.4 is 19.5 Å². The van der Waals surface area contributed by atoms with Crippen LogP contribution in [-0.4, -0.2) is 69.9 Å². The third kappa shape index (κ3) is 2.88. The summed E-state index contributed by atoms with van der Waals surface area (Å²) < 4.78 is 26.8. The Bertz CT molecular complexity index is 595. The first-order chi connectivity index (χ1) is 11.6. The van der Waals surface area contributed by atoms with E-state index in [9.17, 15) is 9.90 Å². The van der Waals surface area contributed by atoms with Gasteiger partial charge in [0.2, 0.25) is 5.75 Å². The van der Waals surface area contributed by atoms with Gasteiger partial charge >= 0.3 is 0 Å². The number of rotatable bonds is 5. The summed E-state index contributed by atoms with van der Waals surface area (Å²) in [5.41, 5.74) is 0.367. The molecule has 3 rings (SSSR count). The number of ether oxygens (including phenoxy) is 5. The molecule has 0 aliphatic carbocycles. The molecule has 0 spiro atoms. The van der Waals surface area contributed by atoms with Gasteiger partial charge < -0.3 is 34.1 Å². The highest BCUT2D eigenvalue weighted by Gasteiger charge is 2.47. The SMILES string of the molecule is COc1cc(C(=O)N[C@@H]2CO[C@@H]3[C@@H]2OC[C@H]3O)cc(OC)c1OC. The molecule has 2 N–H and O–H groups in total. The second-order valence-electron chi connectivity index (χ2n) is 5.66. The lowest BCUT2D eigenvalue weighted by molar-refractivity contribution is 0.0178. The fourth-order valence-electron chi connectivity index (χ4n) is 3.07. The van der Waals surface area contributed by atoms with Gasteiger partial charge in [-0.25, -0.2) is 0 Å². The zero-order chi connectivity index (χ0) is 17.3. The highest BCUT2D eigenvalue weighted by Crippen LogP contribution is 2.38. The van der Waals surface area contributed by atoms with Gasteiger partial charge in [-0.05, 0) is 12.1 Å². The van der Waals surface area contributed by atoms with E-state index in [4.69, 9.17) is 23.7 Å². The number of carbonyl (C=O) groups is 1. The van der Waals surface area contributed by atoms with Crippen LogP contribution in [0.5, 0.6) is 17.2 Å². The van der Waals surface area contributed by atoms with Crippen molar-refractivity contribution in [3.63, 3.8) is 0 Å². The highest BCUT2D eigenvalue weighted by molar-refractivity contribution is 5.96. The van der Waals surface area contributed by atoms with Crippen LogP contribution in [0.15, 0.2) is 12.1 Å². The van der Waals surface area contributed by atoms with E-state index >= 15 is 0 Å². The largest absolute Gasteiger partial charge is 0.493 e. The molecule has 1 aromatic rings. The van der Waals surface area contributed by atoms with Crippen LogP contribution in [0.1, 0.15) is 10.4 Å². The molecule has 24 heavy (non-hydrogen) atoms. The van der Waals surface area contributed by atoms with Crippen molar-refractivity contribution in [2.45, 2.75) is 24.4 Å². The molecule has 0 unspecified atom stereocenters. The third-order valence-electron chi connectivity index (χ3n) is 4.27. The lowest BCUT2D eigenvalue weighted by Crippen LogP contribution is -2.44. The van der Waals surface area contributed by atoms with E-state index < -0.39 is 12.2 Å². The summed E-state index contributed by atoms with van der Waals surface area (Å²) in [6.07, 6.45) is -1.39. The standard InChI is InChI=1S/C16H21NO7/c1-20-11-4-8(5-12(21-2)15(11)22-3)16(19)17-9-6-23-14-10(18)7-24-13(9)14/h4-5,9-10,13-14,18H,6-7H2,1-3H3,(H,17,19)/t9-,10-,13-,14+/m1/s1. The summed E-state index contributed by atoms with van der Waals surface area (Å²) in [4.78, 5) is 12.6. The Kier molecular flexibility index (Phi) is 4.79. The van der Waals surface area contributed by atoms with E-state index in [1.54, 1.807) is 12.1 Å². The Balaban J connectivity index is 1.78. The second kappa shape index (κ2) is 6.84. The molecular weight excluding hydrogens is 318 g/mol. The molecule has 2 saturated heterocycles. The molecule has 2 fully saturated rings. The summed E-state index contributed by atoms with van der Waals surface area (Å²) >= 11 is 0. The van der Waals surface area contributed by atoms with Crippen LogP contribution in [0.25, 0.3) is 0 Å². The Morgan fingerprint density at radius 1 is 1.08 bits per heavy atom. The number of methoxy groups -OCH3 is 3. The monoisotopic (exact) mass is 339 g/mol. The van der Waals surface area contributed by atoms with Crippen LogP contribution in [-0.2, 0) is 9.47 Å². The van der Waals surface area contributed by atoms with Crippen molar-refractivity contribution in [2.75, 3.05) is 34.5 Å². The number of nitrogens with one attached hydrogen (secondary N) is 1. The molecule has 2 aliphatic heterocycles. The van der Waals surface area contributed by atoms with Gasteiger partial charge in [-0.1, -0.05) is 0 Å². The summed E-state index contributed by atoms with van der Waals surface area (Å²) in [6, 6.07) is 2.83. The maximum atomic E-state index is 12.6. The van der Waals surface area contributed by atoms with Gasteiger partial charge in [-0.15, -0.1) is 0 Å². The highest BCUT2D eigenvalue weighted by atomic mass is 16.6. The summed E-state index contributed by atoms with van der Waals surface area (Å²) in [6.45, 7) is 0.508. The van der Waals surface area contributed by atoms with Gasteiger partial charge in [0, 0.05) is 5.56 Å². The molecule has 8 nitrogen and oxygen atoms in total. The quantitative estimate of drug-likeness (QED) is 0.778. The lowest BCUT2D eigenvalue weighted by Gasteiger charge is -2.18. The van der Waals surface area contributed by atoms with Crippen LogP contribution in [0.3, 0.4) is 0 Å². The molecule has 4 atom stereocenters. The predicted molar refractivity (Wildman–Crippen MR) is 82.8 cm³/mol. The minimum Gasteiger partial charge on any atom is -0.493 e. The first-order valence-electron chi connectivity index (χ1n) is 7.61. The Morgan fingerprint density at radius 3 is 2.29 bits per heavy atom. The summed E-state index contributed by atoms with van der Waals surface area (Å²) in [5, 5.41) is 12.6. The topological polar surface area (TPSA) is 95.5 Å². The van der Waals surface area contributed by atoms with Gasteiger partial charge in [0.15, 0.2) is 11.5 Å². The van der Waals surface area contributed by atoms with Crippen LogP contribution >= 0.6 is 0 Å². The van der Waals surface area contributed by atoms with Gasteiger partial charge in [0.25, 0.3) is 5.91 Å². The fraction of sp³-hybridized carbons (Fsp3) is 0.562. The van der Waals surface area contributed by atoms with Gasteiger partial charge in [-0.3, -0.25) is 4.79 Å². The van der Waals surface area contributed by atoms with E-state index in [1.807, 2.05) is 0 Å². The van der Waals surface area contributed by atoms with Crippen molar-refractivity contribution < 1.29 is 33.6 Å². The van der Waals surface area contributed by atoms with Crippen molar-refractivity contribution >= 4 is 5.91 Å². The van der Waals surface area contributed by atoms with Gasteiger partial charge in [-0.2, -0.15) is 0 Å². The molecule has 2 heterocycles. The molecule has 0 bridgehead atoms. The first-order valence-corrected chi connectivity index (χ1v) is 7.61. The van der Waals surface area contributed by atoms with Crippen molar-refractivity contribution in [1.82, 2.24) is 5.32 Å². The molecule has 0 saturated carbocycles. The average Bonchev–Trinajstić information content (AvgIpc) is 3.17. The number of hydrogen-bond acceptors (Lipinski definition) is 7. The van der Waals surface area contributed by atoms with Crippen molar-refractivity contribution in [3.8, 4) is 17.2 Å². The Hall–Kier alpha value is -2.03. The van der Waals surface area contributed by atoms with Crippen LogP contribution in [0, 0.1) is 0 Å². The van der Waals surface area contributed by atoms with Crippen molar-refractivity contribution in [2.24, 2.45) is 0 Å². The number of carbonyl (C=O) groups excluding carboxylic acids is 1. The number of amides is 1. The molecule has 2 aliphatic rings. The predicted octanol–water partition coefficient (Wildman–Crippen LogP) is -0.0307. The molecule has 132 valence electrons. The maximum absolute atomic E-state index is 12.6. The zero-order valence-electron chi connectivity index (χ0n) is 13.8. The maximum Gasteiger partial charge on any atom is 0.251 e. The number of aliphatic hydroxyl groups excluding tert-OH is 1. The third-order valence-corrected chi connectivity index (χ3v) is 4.27. The fourth-order valence-corrected chi connectivity index (χ4v) is 3.07. The van der Waals surface area contributed by atoms with Crippen LogP contribution in [0.2, 0.25) is 0 Å². The second-order valence-corrected chi connectivity index (χ2v) is 5.66.